The van der Waals surface area contributed by atoms with Crippen molar-refractivity contribution in [3.05, 3.63) is 81.1 Å². The van der Waals surface area contributed by atoms with Crippen LogP contribution in [-0.4, -0.2) is 59.3 Å². The summed E-state index contributed by atoms with van der Waals surface area (Å²) in [5.74, 6) is 0. The molecule has 3 aliphatic rings. The first kappa shape index (κ1) is 38.0. The molecule has 2 aromatic carbocycles. The van der Waals surface area contributed by atoms with Crippen molar-refractivity contribution >= 4 is 52.4 Å². The van der Waals surface area contributed by atoms with Crippen LogP contribution in [0.15, 0.2) is 64.3 Å². The van der Waals surface area contributed by atoms with Crippen LogP contribution in [-0.2, 0) is 49.9 Å². The summed E-state index contributed by atoms with van der Waals surface area (Å²) in [6.07, 6.45) is -1.04. The molecule has 1 aromatic heterocycles. The Morgan fingerprint density at radius 3 is 2.18 bits per heavy atom. The minimum atomic E-state index is -5.98. The number of hydrogen-bond acceptors (Lipinski definition) is 14. The Labute approximate surface area is 286 Å². The third-order valence-corrected chi connectivity index (χ3v) is 16.6. The highest BCUT2D eigenvalue weighted by Gasteiger charge is 2.55. The van der Waals surface area contributed by atoms with Gasteiger partial charge in [0.2, 0.25) is 0 Å². The first-order valence-corrected chi connectivity index (χ1v) is 22.6. The quantitative estimate of drug-likeness (QED) is 0.148. The van der Waals surface area contributed by atoms with Gasteiger partial charge in [-0.2, -0.15) is 12.9 Å². The molecule has 24 heteroatoms. The lowest BCUT2D eigenvalue weighted by Crippen LogP contribution is -2.36. The molecule has 5 N–H and O–H groups in total. The highest BCUT2D eigenvalue weighted by molar-refractivity contribution is 8.55. The second kappa shape index (κ2) is 14.9. The van der Waals surface area contributed by atoms with Crippen molar-refractivity contribution in [2.75, 3.05) is 6.61 Å². The number of fused-ring (bicyclic) bond motifs is 2. The Morgan fingerprint density at radius 1 is 0.800 bits per heavy atom. The van der Waals surface area contributed by atoms with Crippen molar-refractivity contribution in [2.24, 2.45) is 0 Å². The van der Waals surface area contributed by atoms with Gasteiger partial charge in [-0.1, -0.05) is 55.7 Å². The number of benzene rings is 2. The number of ether oxygens (including phenoxy) is 3. The van der Waals surface area contributed by atoms with Crippen molar-refractivity contribution in [1.82, 2.24) is 9.55 Å². The fraction of sp³-hybridized carbons (Fsp3) is 0.462. The van der Waals surface area contributed by atoms with Gasteiger partial charge in [0.05, 0.1) is 6.61 Å². The Kier molecular flexibility index (Phi) is 11.3. The molecule has 0 spiro atoms. The normalized spacial score (nSPS) is 29.1. The van der Waals surface area contributed by atoms with Gasteiger partial charge in [0.25, 0.3) is 5.56 Å². The van der Waals surface area contributed by atoms with Gasteiger partial charge in [-0.3, -0.25) is 18.9 Å². The maximum atomic E-state index is 12.7. The molecule has 0 amide bonds. The summed E-state index contributed by atoms with van der Waals surface area (Å²) in [4.78, 5) is 66.6. The highest BCUT2D eigenvalue weighted by Crippen LogP contribution is 2.74. The third kappa shape index (κ3) is 9.41. The number of rotatable bonds is 13. The zero-order valence-corrected chi connectivity index (χ0v) is 30.0. The van der Waals surface area contributed by atoms with E-state index in [9.17, 15) is 47.4 Å². The smallest absolute Gasteiger partial charge is 0.346 e. The summed E-state index contributed by atoms with van der Waals surface area (Å²) < 4.78 is 86.2. The molecule has 3 fully saturated rings. The fourth-order valence-corrected chi connectivity index (χ4v) is 14.2. The average Bonchev–Trinajstić information content (AvgIpc) is 3.58. The Hall–Kier alpha value is -1.79. The molecule has 2 aliphatic heterocycles. The number of H-pyrrole nitrogens is 1. The summed E-state index contributed by atoms with van der Waals surface area (Å²) in [6, 6.07) is 14.0. The molecule has 0 bridgehead atoms. The fourth-order valence-electron chi connectivity index (χ4n) is 5.82. The van der Waals surface area contributed by atoms with Gasteiger partial charge in [-0.25, -0.2) is 23.1 Å². The molecule has 2 saturated heterocycles. The molecule has 19 nitrogen and oxygen atoms in total. The number of aromatic nitrogens is 2. The maximum Gasteiger partial charge on any atom is 0.490 e. The molecule has 1 aliphatic carbocycles. The van der Waals surface area contributed by atoms with Gasteiger partial charge < -0.3 is 33.8 Å². The minimum Gasteiger partial charge on any atom is -0.346 e. The first-order valence-electron chi connectivity index (χ1n) is 15.0. The molecule has 274 valence electrons. The second-order valence-corrected chi connectivity index (χ2v) is 20.4. The molecular formula is C26H32N2O17P4S. The van der Waals surface area contributed by atoms with E-state index in [1.807, 2.05) is 36.4 Å². The van der Waals surface area contributed by atoms with Crippen molar-refractivity contribution in [3.8, 4) is 0 Å². The van der Waals surface area contributed by atoms with E-state index in [1.54, 1.807) is 6.07 Å². The van der Waals surface area contributed by atoms with E-state index in [4.69, 9.17) is 18.7 Å². The zero-order chi connectivity index (χ0) is 35.9. The highest BCUT2D eigenvalue weighted by atomic mass is 32.7. The summed E-state index contributed by atoms with van der Waals surface area (Å²) in [5, 5.41) is 1.44. The lowest BCUT2D eigenvalue weighted by atomic mass is 10.0. The predicted molar refractivity (Wildman–Crippen MR) is 175 cm³/mol. The third-order valence-electron chi connectivity index (χ3n) is 7.87. The number of aromatic amines is 1. The number of nitrogens with one attached hydrogen (secondary N) is 1. The van der Waals surface area contributed by atoms with Crippen LogP contribution >= 0.6 is 41.6 Å². The summed E-state index contributed by atoms with van der Waals surface area (Å²) in [6.45, 7) is -5.79. The molecule has 3 aromatic rings. The van der Waals surface area contributed by atoms with E-state index in [0.29, 0.717) is 29.8 Å². The molecule has 0 radical (unpaired) electrons. The lowest BCUT2D eigenvalue weighted by Gasteiger charge is -2.24. The van der Waals surface area contributed by atoms with Crippen LogP contribution in [0.5, 0.6) is 0 Å². The van der Waals surface area contributed by atoms with E-state index in [0.717, 1.165) is 46.9 Å². The zero-order valence-electron chi connectivity index (χ0n) is 25.6. The number of phosphoric acid groups is 3. The first-order chi connectivity index (χ1) is 23.5. The van der Waals surface area contributed by atoms with Crippen LogP contribution in [0.2, 0.25) is 0 Å². The van der Waals surface area contributed by atoms with Gasteiger partial charge in [0.15, 0.2) is 12.5 Å². The SMILES string of the molecule is O=c1ccn(C2OC(COP(=O)(O)OP(=O)(O)OP(=O)(O)OP(=O)(O)SC3CCCCC3)C3OC(c4ccc5ccccc5c4)OC32)c(=O)[nH]1. The number of phosphoric ester groups is 1. The van der Waals surface area contributed by atoms with Crippen LogP contribution in [0, 0.1) is 0 Å². The average molecular weight is 801 g/mol. The van der Waals surface area contributed by atoms with E-state index >= 15 is 0 Å². The summed E-state index contributed by atoms with van der Waals surface area (Å²) in [7, 11) is -17.4. The van der Waals surface area contributed by atoms with E-state index < -0.39 is 79.0 Å². The second-order valence-electron chi connectivity index (χ2n) is 11.5. The van der Waals surface area contributed by atoms with Crippen LogP contribution in [0.3, 0.4) is 0 Å². The topological polar surface area (TPSA) is 269 Å². The van der Waals surface area contributed by atoms with Gasteiger partial charge in [0, 0.05) is 23.1 Å². The molecular weight excluding hydrogens is 768 g/mol. The van der Waals surface area contributed by atoms with Crippen LogP contribution in [0.1, 0.15) is 50.2 Å². The van der Waals surface area contributed by atoms with E-state index in [2.05, 4.69) is 17.9 Å². The summed E-state index contributed by atoms with van der Waals surface area (Å²) >= 11 is 0.379. The largest absolute Gasteiger partial charge is 0.490 e. The van der Waals surface area contributed by atoms with Crippen LogP contribution in [0.25, 0.3) is 10.8 Å². The van der Waals surface area contributed by atoms with Gasteiger partial charge in [-0.15, -0.1) is 0 Å². The number of hydrogen-bond donors (Lipinski definition) is 5. The van der Waals surface area contributed by atoms with Crippen molar-refractivity contribution in [3.63, 3.8) is 0 Å². The van der Waals surface area contributed by atoms with Gasteiger partial charge >= 0.3 is 36.0 Å². The lowest BCUT2D eigenvalue weighted by molar-refractivity contribution is -0.154. The molecule has 50 heavy (non-hydrogen) atoms. The van der Waals surface area contributed by atoms with Crippen molar-refractivity contribution < 1.29 is 69.5 Å². The monoisotopic (exact) mass is 800 g/mol. The van der Waals surface area contributed by atoms with Crippen molar-refractivity contribution in [2.45, 2.75) is 68.2 Å². The summed E-state index contributed by atoms with van der Waals surface area (Å²) in [5.41, 5.74) is -0.967. The number of nitrogens with zero attached hydrogens (tertiary/aromatic N) is 1. The molecule has 3 heterocycles. The van der Waals surface area contributed by atoms with Crippen LogP contribution < -0.4 is 11.2 Å². The van der Waals surface area contributed by atoms with Crippen molar-refractivity contribution in [1.29, 1.82) is 0 Å². The molecule has 1 saturated carbocycles. The Balaban J connectivity index is 1.13. The molecule has 9 unspecified atom stereocenters. The van der Waals surface area contributed by atoms with E-state index in [-0.39, 0.29) is 5.25 Å². The van der Waals surface area contributed by atoms with Gasteiger partial charge in [0.1, 0.15) is 18.3 Å². The Bertz CT molecular complexity index is 2040. The standard InChI is InChI=1S/C26H32N2O17P4S/c29-21-12-13-28(26(30)27-21)24-23-22(41-25(42-23)18-11-10-16-6-4-5-7-17(16)14-18)20(40-24)15-39-46(31,32)43-47(33,34)44-48(35,36)45-49(37,38)50-19-8-2-1-3-9-19/h4-7,10-14,19-20,22-25H,1-3,8-9,15H2,(H,31,32)(H,33,34)(H,35,36)(H,37,38)(H,27,29,30). The molecule has 6 rings (SSSR count). The molecule has 9 atom stereocenters. The Morgan fingerprint density at radius 2 is 1.46 bits per heavy atom. The predicted octanol–water partition coefficient (Wildman–Crippen LogP) is 4.60. The minimum absolute atomic E-state index is 0.375. The van der Waals surface area contributed by atoms with Gasteiger partial charge in [-0.05, 0) is 41.1 Å². The van der Waals surface area contributed by atoms with E-state index in [1.165, 1.54) is 0 Å². The van der Waals surface area contributed by atoms with Crippen LogP contribution in [0.4, 0.5) is 0 Å². The maximum absolute atomic E-state index is 12.7.